The Morgan fingerprint density at radius 1 is 1.56 bits per heavy atom. The van der Waals surface area contributed by atoms with Crippen molar-refractivity contribution in [1.29, 1.82) is 0 Å². The van der Waals surface area contributed by atoms with Crippen LogP contribution in [0.25, 0.3) is 0 Å². The highest BCUT2D eigenvalue weighted by atomic mass is 16.5. The van der Waals surface area contributed by atoms with Gasteiger partial charge in [-0.25, -0.2) is 0 Å². The minimum Gasteiger partial charge on any atom is -0.392 e. The fraction of sp³-hybridized carbons (Fsp3) is 0.786. The minimum absolute atomic E-state index is 0.306. The zero-order valence-electron chi connectivity index (χ0n) is 11.5. The molecule has 1 aliphatic heterocycles. The second-order valence-corrected chi connectivity index (χ2v) is 5.66. The lowest BCUT2D eigenvalue weighted by Gasteiger charge is -2.32. The molecule has 102 valence electrons. The number of ether oxygens (including phenoxy) is 1. The fourth-order valence-electron chi connectivity index (χ4n) is 2.61. The van der Waals surface area contributed by atoms with Crippen LogP contribution in [-0.2, 0) is 11.2 Å². The fourth-order valence-corrected chi connectivity index (χ4v) is 2.61. The lowest BCUT2D eigenvalue weighted by molar-refractivity contribution is -0.0297. The maximum atomic E-state index is 10.3. The van der Waals surface area contributed by atoms with Crippen molar-refractivity contribution in [2.45, 2.75) is 45.8 Å². The lowest BCUT2D eigenvalue weighted by atomic mass is 9.83. The Labute approximate surface area is 109 Å². The third-order valence-corrected chi connectivity index (χ3v) is 3.81. The second-order valence-electron chi connectivity index (χ2n) is 5.66. The molecule has 0 aliphatic carbocycles. The summed E-state index contributed by atoms with van der Waals surface area (Å²) >= 11 is 0. The van der Waals surface area contributed by atoms with Crippen molar-refractivity contribution in [3.05, 3.63) is 18.0 Å². The summed E-state index contributed by atoms with van der Waals surface area (Å²) in [7, 11) is 0. The van der Waals surface area contributed by atoms with E-state index in [4.69, 9.17) is 4.74 Å². The lowest BCUT2D eigenvalue weighted by Crippen LogP contribution is -2.35. The third kappa shape index (κ3) is 3.12. The molecule has 0 saturated carbocycles. The molecule has 18 heavy (non-hydrogen) atoms. The first kappa shape index (κ1) is 13.6. The molecule has 1 aliphatic rings. The first-order valence-electron chi connectivity index (χ1n) is 6.87. The van der Waals surface area contributed by atoms with Crippen molar-refractivity contribution in [1.82, 2.24) is 9.78 Å². The SMILES string of the molecule is CC1COCCC1C(O)Cc1ccn(C(C)C)n1. The van der Waals surface area contributed by atoms with Gasteiger partial charge >= 0.3 is 0 Å². The van der Waals surface area contributed by atoms with E-state index in [1.807, 2.05) is 16.9 Å². The summed E-state index contributed by atoms with van der Waals surface area (Å²) in [4.78, 5) is 0. The first-order valence-corrected chi connectivity index (χ1v) is 6.87. The highest BCUT2D eigenvalue weighted by molar-refractivity contribution is 5.02. The van der Waals surface area contributed by atoms with Gasteiger partial charge < -0.3 is 9.84 Å². The molecule has 0 bridgehead atoms. The maximum absolute atomic E-state index is 10.3. The van der Waals surface area contributed by atoms with Crippen LogP contribution >= 0.6 is 0 Å². The Bertz CT molecular complexity index is 376. The quantitative estimate of drug-likeness (QED) is 0.892. The van der Waals surface area contributed by atoms with Gasteiger partial charge in [0.2, 0.25) is 0 Å². The molecule has 1 N–H and O–H groups in total. The van der Waals surface area contributed by atoms with E-state index >= 15 is 0 Å². The molecule has 3 atom stereocenters. The van der Waals surface area contributed by atoms with Crippen LogP contribution in [-0.4, -0.2) is 34.2 Å². The van der Waals surface area contributed by atoms with Crippen LogP contribution in [0.3, 0.4) is 0 Å². The molecule has 1 aromatic heterocycles. The Morgan fingerprint density at radius 2 is 2.33 bits per heavy atom. The Kier molecular flexibility index (Phi) is 4.40. The van der Waals surface area contributed by atoms with Crippen molar-refractivity contribution >= 4 is 0 Å². The van der Waals surface area contributed by atoms with Crippen molar-refractivity contribution in [3.63, 3.8) is 0 Å². The topological polar surface area (TPSA) is 47.3 Å². The highest BCUT2D eigenvalue weighted by Gasteiger charge is 2.28. The van der Waals surface area contributed by atoms with E-state index in [0.717, 1.165) is 25.3 Å². The summed E-state index contributed by atoms with van der Waals surface area (Å²) in [5.41, 5.74) is 0.981. The van der Waals surface area contributed by atoms with E-state index in [1.165, 1.54) is 0 Å². The van der Waals surface area contributed by atoms with E-state index in [1.54, 1.807) is 0 Å². The van der Waals surface area contributed by atoms with E-state index in [9.17, 15) is 5.11 Å². The molecule has 0 aromatic carbocycles. The van der Waals surface area contributed by atoms with Gasteiger partial charge in [-0.05, 0) is 38.2 Å². The number of rotatable bonds is 4. The van der Waals surface area contributed by atoms with Crippen molar-refractivity contribution in [2.75, 3.05) is 13.2 Å². The molecule has 3 unspecified atom stereocenters. The predicted molar refractivity (Wildman–Crippen MR) is 70.4 cm³/mol. The average Bonchev–Trinajstić information content (AvgIpc) is 2.78. The van der Waals surface area contributed by atoms with Gasteiger partial charge in [0.05, 0.1) is 11.8 Å². The summed E-state index contributed by atoms with van der Waals surface area (Å²) in [5.74, 6) is 0.767. The van der Waals surface area contributed by atoms with Crippen LogP contribution in [0.15, 0.2) is 12.3 Å². The van der Waals surface area contributed by atoms with Crippen LogP contribution in [0.5, 0.6) is 0 Å². The standard InChI is InChI=1S/C14H24N2O2/c1-10(2)16-6-4-12(15-16)8-14(17)13-5-7-18-9-11(13)3/h4,6,10-11,13-14,17H,5,7-9H2,1-3H3. The monoisotopic (exact) mass is 252 g/mol. The van der Waals surface area contributed by atoms with Crippen LogP contribution in [0.1, 0.15) is 38.9 Å². The molecule has 1 saturated heterocycles. The number of hydrogen-bond acceptors (Lipinski definition) is 3. The summed E-state index contributed by atoms with van der Waals surface area (Å²) in [5, 5.41) is 14.8. The second kappa shape index (κ2) is 5.85. The zero-order chi connectivity index (χ0) is 13.1. The van der Waals surface area contributed by atoms with Gasteiger partial charge in [0.1, 0.15) is 0 Å². The smallest absolute Gasteiger partial charge is 0.0650 e. The van der Waals surface area contributed by atoms with Gasteiger partial charge in [-0.2, -0.15) is 5.10 Å². The van der Waals surface area contributed by atoms with Gasteiger partial charge in [0, 0.05) is 31.9 Å². The Hall–Kier alpha value is -0.870. The predicted octanol–water partition coefficient (Wildman–Crippen LogP) is 2.04. The minimum atomic E-state index is -0.306. The van der Waals surface area contributed by atoms with Crippen LogP contribution in [0.4, 0.5) is 0 Å². The normalized spacial score (nSPS) is 26.5. The summed E-state index contributed by atoms with van der Waals surface area (Å²) in [6, 6.07) is 2.38. The Balaban J connectivity index is 1.95. The summed E-state index contributed by atoms with van der Waals surface area (Å²) in [6.45, 7) is 7.90. The molecule has 2 rings (SSSR count). The van der Waals surface area contributed by atoms with Crippen molar-refractivity contribution in [3.8, 4) is 0 Å². The molecule has 0 spiro atoms. The third-order valence-electron chi connectivity index (χ3n) is 3.81. The largest absolute Gasteiger partial charge is 0.392 e. The molecule has 0 radical (unpaired) electrons. The highest BCUT2D eigenvalue weighted by Crippen LogP contribution is 2.26. The molecular formula is C14H24N2O2. The number of hydrogen-bond donors (Lipinski definition) is 1. The molecule has 4 heteroatoms. The van der Waals surface area contributed by atoms with E-state index in [2.05, 4.69) is 25.9 Å². The maximum Gasteiger partial charge on any atom is 0.0650 e. The van der Waals surface area contributed by atoms with Gasteiger partial charge in [-0.1, -0.05) is 6.92 Å². The summed E-state index contributed by atoms with van der Waals surface area (Å²) < 4.78 is 7.36. The van der Waals surface area contributed by atoms with E-state index < -0.39 is 0 Å². The molecule has 4 nitrogen and oxygen atoms in total. The van der Waals surface area contributed by atoms with Crippen molar-refractivity contribution in [2.24, 2.45) is 11.8 Å². The molecule has 0 amide bonds. The van der Waals surface area contributed by atoms with Crippen LogP contribution in [0.2, 0.25) is 0 Å². The molecule has 1 aromatic rings. The van der Waals surface area contributed by atoms with Gasteiger partial charge in [0.25, 0.3) is 0 Å². The number of aromatic nitrogens is 2. The molecular weight excluding hydrogens is 228 g/mol. The van der Waals surface area contributed by atoms with Gasteiger partial charge in [-0.3, -0.25) is 4.68 Å². The number of aliphatic hydroxyl groups is 1. The number of aliphatic hydroxyl groups excluding tert-OH is 1. The van der Waals surface area contributed by atoms with Gasteiger partial charge in [0.15, 0.2) is 0 Å². The van der Waals surface area contributed by atoms with E-state index in [0.29, 0.717) is 24.3 Å². The molecule has 1 fully saturated rings. The first-order chi connectivity index (χ1) is 8.58. The summed E-state index contributed by atoms with van der Waals surface area (Å²) in [6.07, 6.45) is 3.28. The average molecular weight is 252 g/mol. The van der Waals surface area contributed by atoms with E-state index in [-0.39, 0.29) is 6.10 Å². The molecule has 2 heterocycles. The van der Waals surface area contributed by atoms with Crippen LogP contribution in [0, 0.1) is 11.8 Å². The van der Waals surface area contributed by atoms with Gasteiger partial charge in [-0.15, -0.1) is 0 Å². The van der Waals surface area contributed by atoms with Crippen LogP contribution < -0.4 is 0 Å². The van der Waals surface area contributed by atoms with Crippen molar-refractivity contribution < 1.29 is 9.84 Å². The zero-order valence-corrected chi connectivity index (χ0v) is 11.5. The Morgan fingerprint density at radius 3 is 2.94 bits per heavy atom. The number of nitrogens with zero attached hydrogens (tertiary/aromatic N) is 2.